The van der Waals surface area contributed by atoms with Gasteiger partial charge in [-0.2, -0.15) is 0 Å². The van der Waals surface area contributed by atoms with E-state index in [-0.39, 0.29) is 11.1 Å². The van der Waals surface area contributed by atoms with Crippen molar-refractivity contribution in [2.75, 3.05) is 14.2 Å². The predicted octanol–water partition coefficient (Wildman–Crippen LogP) is 3.07. The lowest BCUT2D eigenvalue weighted by Crippen LogP contribution is -2.39. The summed E-state index contributed by atoms with van der Waals surface area (Å²) in [4.78, 5) is 31.2. The highest BCUT2D eigenvalue weighted by Crippen LogP contribution is 2.34. The highest BCUT2D eigenvalue weighted by atomic mass is 35.5. The molecule has 8 heteroatoms. The third kappa shape index (κ3) is 3.71. The highest BCUT2D eigenvalue weighted by Gasteiger charge is 2.34. The van der Waals surface area contributed by atoms with E-state index in [2.05, 4.69) is 4.99 Å². The normalized spacial score (nSPS) is 16.0. The van der Waals surface area contributed by atoms with Gasteiger partial charge in [-0.1, -0.05) is 59.3 Å². The average molecular weight is 455 g/mol. The number of ether oxygens (including phenoxy) is 2. The Morgan fingerprint density at radius 1 is 1.16 bits per heavy atom. The zero-order valence-corrected chi connectivity index (χ0v) is 18.7. The summed E-state index contributed by atoms with van der Waals surface area (Å²) in [5.74, 6) is 0.104. The van der Waals surface area contributed by atoms with Gasteiger partial charge in [-0.3, -0.25) is 9.36 Å². The number of methoxy groups -OCH3 is 2. The van der Waals surface area contributed by atoms with Crippen LogP contribution in [0.4, 0.5) is 0 Å². The maximum atomic E-state index is 13.5. The summed E-state index contributed by atoms with van der Waals surface area (Å²) in [7, 11) is 2.89. The van der Waals surface area contributed by atoms with Crippen LogP contribution >= 0.6 is 22.9 Å². The lowest BCUT2D eigenvalue weighted by atomic mass is 9.96. The van der Waals surface area contributed by atoms with Gasteiger partial charge >= 0.3 is 5.97 Å². The molecule has 0 amide bonds. The number of fused-ring (bicyclic) bond motifs is 1. The van der Waals surface area contributed by atoms with Crippen molar-refractivity contribution in [2.24, 2.45) is 4.99 Å². The Labute approximate surface area is 187 Å². The lowest BCUT2D eigenvalue weighted by Gasteiger charge is -2.25. The number of aromatic nitrogens is 1. The number of thiazole rings is 1. The minimum atomic E-state index is -0.739. The summed E-state index contributed by atoms with van der Waals surface area (Å²) in [6.07, 6.45) is 1.77. The van der Waals surface area contributed by atoms with Crippen LogP contribution in [0.5, 0.6) is 5.75 Å². The lowest BCUT2D eigenvalue weighted by molar-refractivity contribution is -0.136. The first-order valence-corrected chi connectivity index (χ1v) is 10.6. The molecule has 1 aromatic heterocycles. The van der Waals surface area contributed by atoms with E-state index in [1.807, 2.05) is 30.3 Å². The molecule has 0 saturated heterocycles. The van der Waals surface area contributed by atoms with Crippen molar-refractivity contribution >= 4 is 35.0 Å². The van der Waals surface area contributed by atoms with E-state index in [1.165, 1.54) is 23.0 Å². The van der Waals surface area contributed by atoms with Gasteiger partial charge in [-0.25, -0.2) is 9.79 Å². The van der Waals surface area contributed by atoms with Crippen LogP contribution in [0.1, 0.15) is 24.1 Å². The first kappa shape index (κ1) is 21.1. The molecule has 1 aliphatic rings. The second-order valence-electron chi connectivity index (χ2n) is 6.84. The summed E-state index contributed by atoms with van der Waals surface area (Å²) in [5.41, 5.74) is 1.90. The van der Waals surface area contributed by atoms with Crippen molar-refractivity contribution in [1.29, 1.82) is 0 Å². The zero-order chi connectivity index (χ0) is 22.1. The maximum Gasteiger partial charge on any atom is 0.338 e. The van der Waals surface area contributed by atoms with Gasteiger partial charge in [0.05, 0.1) is 30.0 Å². The fraction of sp³-hybridized carbons (Fsp3) is 0.174. The number of rotatable bonds is 4. The molecule has 0 unspecified atom stereocenters. The summed E-state index contributed by atoms with van der Waals surface area (Å²) >= 11 is 7.72. The Balaban J connectivity index is 2.01. The molecule has 0 saturated carbocycles. The summed E-state index contributed by atoms with van der Waals surface area (Å²) in [6.45, 7) is 1.73. The SMILES string of the molecule is COC(=O)C1=C(C)N=c2s/c(=C\c3ccccc3OC)c(=O)n2[C@H]1c1ccccc1Cl. The summed E-state index contributed by atoms with van der Waals surface area (Å²) in [6, 6.07) is 13.8. The quantitative estimate of drug-likeness (QED) is 0.568. The minimum Gasteiger partial charge on any atom is -0.496 e. The van der Waals surface area contributed by atoms with Crippen molar-refractivity contribution < 1.29 is 14.3 Å². The van der Waals surface area contributed by atoms with E-state index in [0.29, 0.717) is 31.4 Å². The largest absolute Gasteiger partial charge is 0.496 e. The molecule has 6 nitrogen and oxygen atoms in total. The number of carbonyl (C=O) groups excluding carboxylic acids is 1. The van der Waals surface area contributed by atoms with Crippen LogP contribution in [-0.4, -0.2) is 24.8 Å². The maximum absolute atomic E-state index is 13.5. The van der Waals surface area contributed by atoms with Crippen LogP contribution in [-0.2, 0) is 9.53 Å². The molecule has 4 rings (SSSR count). The van der Waals surface area contributed by atoms with Gasteiger partial charge in [-0.05, 0) is 30.7 Å². The number of hydrogen-bond acceptors (Lipinski definition) is 6. The van der Waals surface area contributed by atoms with Gasteiger partial charge in [0, 0.05) is 10.6 Å². The number of allylic oxidation sites excluding steroid dienone is 1. The molecule has 0 aliphatic carbocycles. The highest BCUT2D eigenvalue weighted by molar-refractivity contribution is 7.07. The van der Waals surface area contributed by atoms with Gasteiger partial charge in [0.25, 0.3) is 5.56 Å². The molecule has 0 radical (unpaired) electrons. The number of halogens is 1. The summed E-state index contributed by atoms with van der Waals surface area (Å²) in [5, 5.41) is 0.447. The zero-order valence-electron chi connectivity index (χ0n) is 17.1. The molecule has 0 spiro atoms. The Bertz CT molecular complexity index is 1390. The Morgan fingerprint density at radius 2 is 1.87 bits per heavy atom. The monoisotopic (exact) mass is 454 g/mol. The Kier molecular flexibility index (Phi) is 5.80. The van der Waals surface area contributed by atoms with E-state index in [0.717, 1.165) is 5.56 Å². The van der Waals surface area contributed by atoms with E-state index >= 15 is 0 Å². The molecular formula is C23H19ClN2O4S. The third-order valence-corrected chi connectivity index (χ3v) is 6.38. The van der Waals surface area contributed by atoms with Crippen molar-refractivity contribution in [3.63, 3.8) is 0 Å². The number of para-hydroxylation sites is 1. The molecule has 1 aliphatic heterocycles. The smallest absolute Gasteiger partial charge is 0.338 e. The molecule has 31 heavy (non-hydrogen) atoms. The van der Waals surface area contributed by atoms with Crippen LogP contribution in [0.15, 0.2) is 69.6 Å². The van der Waals surface area contributed by atoms with Gasteiger partial charge in [0.15, 0.2) is 4.80 Å². The molecule has 0 bridgehead atoms. The molecule has 0 N–H and O–H groups in total. The first-order chi connectivity index (χ1) is 15.0. The van der Waals surface area contributed by atoms with Crippen LogP contribution < -0.4 is 19.6 Å². The third-order valence-electron chi connectivity index (χ3n) is 5.05. The molecule has 3 aromatic rings. The standard InChI is InChI=1S/C23H19ClN2O4S/c1-13-19(22(28)30-3)20(15-9-5-6-10-16(15)24)26-21(27)18(31-23(26)25-13)12-14-8-4-7-11-17(14)29-2/h4-12,20H,1-3H3/b18-12-/t20-/m0/s1. The van der Waals surface area contributed by atoms with Crippen LogP contribution in [0.3, 0.4) is 0 Å². The van der Waals surface area contributed by atoms with E-state index in [1.54, 1.807) is 38.3 Å². The van der Waals surface area contributed by atoms with Crippen molar-refractivity contribution in [3.8, 4) is 5.75 Å². The molecule has 2 aromatic carbocycles. The number of esters is 1. The molecule has 158 valence electrons. The fourth-order valence-electron chi connectivity index (χ4n) is 3.61. The van der Waals surface area contributed by atoms with Crippen LogP contribution in [0.25, 0.3) is 6.08 Å². The van der Waals surface area contributed by atoms with Crippen LogP contribution in [0.2, 0.25) is 5.02 Å². The predicted molar refractivity (Wildman–Crippen MR) is 120 cm³/mol. The van der Waals surface area contributed by atoms with Crippen molar-refractivity contribution in [2.45, 2.75) is 13.0 Å². The average Bonchev–Trinajstić information content (AvgIpc) is 3.07. The Hall–Kier alpha value is -3.16. The van der Waals surface area contributed by atoms with E-state index in [9.17, 15) is 9.59 Å². The first-order valence-electron chi connectivity index (χ1n) is 9.44. The second kappa shape index (κ2) is 8.53. The number of hydrogen-bond donors (Lipinski definition) is 0. The molecule has 1 atom stereocenters. The second-order valence-corrected chi connectivity index (χ2v) is 8.25. The number of carbonyl (C=O) groups is 1. The van der Waals surface area contributed by atoms with Crippen LogP contribution in [0, 0.1) is 0 Å². The minimum absolute atomic E-state index is 0.270. The Morgan fingerprint density at radius 3 is 2.58 bits per heavy atom. The molecular weight excluding hydrogens is 436 g/mol. The van der Waals surface area contributed by atoms with E-state index < -0.39 is 12.0 Å². The van der Waals surface area contributed by atoms with Gasteiger partial charge < -0.3 is 9.47 Å². The molecule has 2 heterocycles. The fourth-order valence-corrected chi connectivity index (χ4v) is 4.89. The molecule has 0 fully saturated rings. The van der Waals surface area contributed by atoms with Gasteiger partial charge in [-0.15, -0.1) is 0 Å². The van der Waals surface area contributed by atoms with Gasteiger partial charge in [0.2, 0.25) is 0 Å². The van der Waals surface area contributed by atoms with Gasteiger partial charge in [0.1, 0.15) is 11.8 Å². The van der Waals surface area contributed by atoms with E-state index in [4.69, 9.17) is 21.1 Å². The number of benzene rings is 2. The van der Waals surface area contributed by atoms with Crippen molar-refractivity contribution in [3.05, 3.63) is 95.6 Å². The van der Waals surface area contributed by atoms with Crippen molar-refractivity contribution in [1.82, 2.24) is 4.57 Å². The number of nitrogens with zero attached hydrogens (tertiary/aromatic N) is 2. The summed E-state index contributed by atoms with van der Waals surface area (Å²) < 4.78 is 12.4. The topological polar surface area (TPSA) is 69.9 Å².